The molecule has 27 heavy (non-hydrogen) atoms. The molecule has 0 fully saturated rings. The van der Waals surface area contributed by atoms with Gasteiger partial charge in [0.2, 0.25) is 5.91 Å². The highest BCUT2D eigenvalue weighted by molar-refractivity contribution is 5.90. The van der Waals surface area contributed by atoms with Gasteiger partial charge in [-0.1, -0.05) is 5.16 Å². The summed E-state index contributed by atoms with van der Waals surface area (Å²) < 4.78 is 6.66. The minimum atomic E-state index is -0.463. The number of carbonyl (C=O) groups excluding carboxylic acids is 1. The number of amides is 1. The summed E-state index contributed by atoms with van der Waals surface area (Å²) in [5.41, 5.74) is 3.05. The van der Waals surface area contributed by atoms with Crippen molar-refractivity contribution in [3.8, 4) is 5.69 Å². The smallest absolute Gasteiger partial charge is 0.269 e. The first-order valence-corrected chi connectivity index (χ1v) is 8.38. The molecule has 9 heteroatoms. The lowest BCUT2D eigenvalue weighted by Crippen LogP contribution is -2.15. The van der Waals surface area contributed by atoms with Gasteiger partial charge in [0.1, 0.15) is 11.6 Å². The number of benzene rings is 1. The van der Waals surface area contributed by atoms with Crippen molar-refractivity contribution in [1.82, 2.24) is 14.9 Å². The third-order valence-corrected chi connectivity index (χ3v) is 4.19. The fourth-order valence-corrected chi connectivity index (χ4v) is 2.80. The van der Waals surface area contributed by atoms with Gasteiger partial charge in [-0.25, -0.2) is 4.68 Å². The number of nitro benzene ring substituents is 1. The minimum Gasteiger partial charge on any atom is -0.361 e. The summed E-state index contributed by atoms with van der Waals surface area (Å²) in [4.78, 5) is 22.7. The number of nitrogens with zero attached hydrogens (tertiary/aromatic N) is 4. The Kier molecular flexibility index (Phi) is 5.02. The Bertz CT molecular complexity index is 968. The summed E-state index contributed by atoms with van der Waals surface area (Å²) in [6, 6.07) is 7.72. The molecule has 0 radical (unpaired) electrons. The van der Waals surface area contributed by atoms with Crippen LogP contribution in [-0.2, 0) is 11.2 Å². The Morgan fingerprint density at radius 3 is 2.56 bits per heavy atom. The first-order chi connectivity index (χ1) is 12.8. The summed E-state index contributed by atoms with van der Waals surface area (Å²) in [5, 5.41) is 21.9. The summed E-state index contributed by atoms with van der Waals surface area (Å²) in [6.45, 7) is 5.47. The van der Waals surface area contributed by atoms with Crippen LogP contribution >= 0.6 is 0 Å². The Balaban J connectivity index is 1.73. The van der Waals surface area contributed by atoms with E-state index in [0.29, 0.717) is 23.7 Å². The number of anilines is 1. The summed E-state index contributed by atoms with van der Waals surface area (Å²) >= 11 is 0. The van der Waals surface area contributed by atoms with Crippen molar-refractivity contribution in [3.05, 3.63) is 63.2 Å². The van der Waals surface area contributed by atoms with Gasteiger partial charge in [-0.3, -0.25) is 14.9 Å². The molecule has 1 amide bonds. The van der Waals surface area contributed by atoms with Crippen LogP contribution in [0.2, 0.25) is 0 Å². The van der Waals surface area contributed by atoms with E-state index in [1.165, 1.54) is 12.1 Å². The molecule has 1 aromatic carbocycles. The van der Waals surface area contributed by atoms with Gasteiger partial charge in [0.15, 0.2) is 0 Å². The minimum absolute atomic E-state index is 0.00678. The molecular weight excluding hydrogens is 350 g/mol. The molecule has 1 N–H and O–H groups in total. The number of nitro groups is 1. The van der Waals surface area contributed by atoms with E-state index in [-0.39, 0.29) is 18.0 Å². The van der Waals surface area contributed by atoms with Crippen molar-refractivity contribution in [3.63, 3.8) is 0 Å². The van der Waals surface area contributed by atoms with E-state index in [0.717, 1.165) is 17.0 Å². The SMILES string of the molecule is Cc1cc(NC(=O)CCc2c(C)noc2C)n(-c2ccc([N+](=O)[O-])cc2)n1. The molecule has 3 aromatic rings. The highest BCUT2D eigenvalue weighted by atomic mass is 16.6. The van der Waals surface area contributed by atoms with E-state index in [1.807, 2.05) is 13.8 Å². The van der Waals surface area contributed by atoms with E-state index in [1.54, 1.807) is 29.8 Å². The van der Waals surface area contributed by atoms with Crippen LogP contribution in [0.4, 0.5) is 11.5 Å². The molecule has 0 aliphatic rings. The molecule has 0 unspecified atom stereocenters. The van der Waals surface area contributed by atoms with Crippen LogP contribution in [0.15, 0.2) is 34.9 Å². The molecule has 0 saturated carbocycles. The average molecular weight is 369 g/mol. The van der Waals surface area contributed by atoms with Gasteiger partial charge in [0.05, 0.1) is 22.0 Å². The zero-order valence-corrected chi connectivity index (χ0v) is 15.2. The van der Waals surface area contributed by atoms with Gasteiger partial charge >= 0.3 is 0 Å². The van der Waals surface area contributed by atoms with E-state index < -0.39 is 4.92 Å². The molecule has 3 rings (SSSR count). The van der Waals surface area contributed by atoms with Crippen molar-refractivity contribution in [2.24, 2.45) is 0 Å². The number of aryl methyl sites for hydroxylation is 3. The van der Waals surface area contributed by atoms with Crippen LogP contribution in [0.3, 0.4) is 0 Å². The summed E-state index contributed by atoms with van der Waals surface area (Å²) in [7, 11) is 0. The van der Waals surface area contributed by atoms with Gasteiger partial charge in [-0.2, -0.15) is 5.10 Å². The number of hydrogen-bond acceptors (Lipinski definition) is 6. The first-order valence-electron chi connectivity index (χ1n) is 8.38. The van der Waals surface area contributed by atoms with Crippen molar-refractivity contribution in [2.45, 2.75) is 33.6 Å². The zero-order chi connectivity index (χ0) is 19.6. The van der Waals surface area contributed by atoms with Crippen LogP contribution in [0.1, 0.15) is 29.1 Å². The largest absolute Gasteiger partial charge is 0.361 e. The van der Waals surface area contributed by atoms with Gasteiger partial charge in [0.25, 0.3) is 5.69 Å². The number of nitrogens with one attached hydrogen (secondary N) is 1. The lowest BCUT2D eigenvalue weighted by molar-refractivity contribution is -0.384. The molecule has 140 valence electrons. The monoisotopic (exact) mass is 369 g/mol. The second-order valence-electron chi connectivity index (χ2n) is 6.21. The lowest BCUT2D eigenvalue weighted by atomic mass is 10.1. The molecular formula is C18H19N5O4. The topological polar surface area (TPSA) is 116 Å². The Morgan fingerprint density at radius 2 is 1.96 bits per heavy atom. The van der Waals surface area contributed by atoms with Crippen LogP contribution in [0.25, 0.3) is 5.69 Å². The van der Waals surface area contributed by atoms with E-state index in [2.05, 4.69) is 15.6 Å². The molecule has 2 heterocycles. The lowest BCUT2D eigenvalue weighted by Gasteiger charge is -2.09. The van der Waals surface area contributed by atoms with Crippen molar-refractivity contribution < 1.29 is 14.2 Å². The van der Waals surface area contributed by atoms with Crippen LogP contribution in [-0.4, -0.2) is 25.8 Å². The zero-order valence-electron chi connectivity index (χ0n) is 15.2. The van der Waals surface area contributed by atoms with E-state index in [9.17, 15) is 14.9 Å². The van der Waals surface area contributed by atoms with Crippen LogP contribution < -0.4 is 5.32 Å². The highest BCUT2D eigenvalue weighted by Gasteiger charge is 2.15. The van der Waals surface area contributed by atoms with E-state index in [4.69, 9.17) is 4.52 Å². The molecule has 0 atom stereocenters. The second-order valence-corrected chi connectivity index (χ2v) is 6.21. The number of hydrogen-bond donors (Lipinski definition) is 1. The average Bonchev–Trinajstić information content (AvgIpc) is 3.15. The Hall–Kier alpha value is -3.49. The molecule has 2 aromatic heterocycles. The molecule has 0 aliphatic carbocycles. The maximum absolute atomic E-state index is 12.4. The molecule has 0 spiro atoms. The number of rotatable bonds is 6. The van der Waals surface area contributed by atoms with Crippen molar-refractivity contribution in [2.75, 3.05) is 5.32 Å². The van der Waals surface area contributed by atoms with E-state index >= 15 is 0 Å². The maximum atomic E-state index is 12.4. The Morgan fingerprint density at radius 1 is 1.26 bits per heavy atom. The van der Waals surface area contributed by atoms with Gasteiger partial charge < -0.3 is 9.84 Å². The Labute approximate surface area is 155 Å². The standard InChI is InChI=1S/C18H19N5O4/c1-11-10-17(19-18(24)9-8-16-12(2)21-27-13(16)3)22(20-11)14-4-6-15(7-5-14)23(25)26/h4-7,10H,8-9H2,1-3H3,(H,19,24). The number of aromatic nitrogens is 3. The van der Waals surface area contributed by atoms with Gasteiger partial charge in [-0.15, -0.1) is 0 Å². The van der Waals surface area contributed by atoms with Gasteiger partial charge in [0, 0.05) is 30.2 Å². The van der Waals surface area contributed by atoms with Crippen LogP contribution in [0, 0.1) is 30.9 Å². The molecule has 0 bridgehead atoms. The highest BCUT2D eigenvalue weighted by Crippen LogP contribution is 2.21. The van der Waals surface area contributed by atoms with Crippen molar-refractivity contribution >= 4 is 17.4 Å². The normalized spacial score (nSPS) is 10.8. The molecule has 0 saturated heterocycles. The predicted octanol–water partition coefficient (Wildman–Crippen LogP) is 3.27. The van der Waals surface area contributed by atoms with Gasteiger partial charge in [-0.05, 0) is 39.3 Å². The van der Waals surface area contributed by atoms with Crippen molar-refractivity contribution in [1.29, 1.82) is 0 Å². The molecule has 0 aliphatic heterocycles. The summed E-state index contributed by atoms with van der Waals surface area (Å²) in [5.74, 6) is 1.05. The summed E-state index contributed by atoms with van der Waals surface area (Å²) in [6.07, 6.45) is 0.797. The second kappa shape index (κ2) is 7.40. The first kappa shape index (κ1) is 18.3. The quantitative estimate of drug-likeness (QED) is 0.526. The fourth-order valence-electron chi connectivity index (χ4n) is 2.80. The van der Waals surface area contributed by atoms with Crippen LogP contribution in [0.5, 0.6) is 0 Å². The maximum Gasteiger partial charge on any atom is 0.269 e. The third kappa shape index (κ3) is 4.02. The predicted molar refractivity (Wildman–Crippen MR) is 97.9 cm³/mol. The molecule has 9 nitrogen and oxygen atoms in total. The third-order valence-electron chi connectivity index (χ3n) is 4.19. The number of carbonyl (C=O) groups is 1. The number of non-ortho nitro benzene ring substituents is 1. The fraction of sp³-hybridized carbons (Fsp3) is 0.278.